The van der Waals surface area contributed by atoms with E-state index in [-0.39, 0.29) is 0 Å². The van der Waals surface area contributed by atoms with Crippen molar-refractivity contribution in [3.8, 4) is 17.1 Å². The zero-order chi connectivity index (χ0) is 16.0. The summed E-state index contributed by atoms with van der Waals surface area (Å²) in [7, 11) is 1.66. The second kappa shape index (κ2) is 5.31. The molecule has 4 aromatic rings. The van der Waals surface area contributed by atoms with Crippen molar-refractivity contribution in [2.75, 3.05) is 7.11 Å². The first kappa shape index (κ1) is 14.1. The minimum atomic E-state index is 0.684. The van der Waals surface area contributed by atoms with Crippen LogP contribution in [0.15, 0.2) is 30.6 Å². The number of hydrogen-bond donors (Lipinski definition) is 0. The number of fused-ring (bicyclic) bond motifs is 3. The maximum absolute atomic E-state index is 5.29. The third kappa shape index (κ3) is 2.17. The van der Waals surface area contributed by atoms with E-state index < -0.39 is 0 Å². The zero-order valence-corrected chi connectivity index (χ0v) is 14.0. The van der Waals surface area contributed by atoms with Crippen LogP contribution < -0.4 is 4.74 Å². The molecule has 0 unspecified atom stereocenters. The van der Waals surface area contributed by atoms with Crippen LogP contribution in [0, 0.1) is 6.92 Å². The molecule has 116 valence electrons. The Morgan fingerprint density at radius 1 is 1.30 bits per heavy atom. The van der Waals surface area contributed by atoms with Crippen LogP contribution in [0.4, 0.5) is 0 Å². The van der Waals surface area contributed by atoms with Crippen LogP contribution in [0.3, 0.4) is 0 Å². The number of ether oxygens (including phenoxy) is 1. The van der Waals surface area contributed by atoms with Crippen molar-refractivity contribution in [3.05, 3.63) is 41.0 Å². The lowest BCUT2D eigenvalue weighted by atomic mass is 10.1. The molecule has 3 aromatic heterocycles. The van der Waals surface area contributed by atoms with E-state index in [0.717, 1.165) is 33.6 Å². The van der Waals surface area contributed by atoms with Gasteiger partial charge in [0.1, 0.15) is 16.9 Å². The summed E-state index contributed by atoms with van der Waals surface area (Å²) >= 11 is 1.72. The number of aromatic nitrogens is 4. The highest BCUT2D eigenvalue weighted by molar-refractivity contribution is 7.18. The fraction of sp³-hybridized carbons (Fsp3) is 0.235. The Morgan fingerprint density at radius 2 is 2.17 bits per heavy atom. The summed E-state index contributed by atoms with van der Waals surface area (Å²) in [4.78, 5) is 11.6. The van der Waals surface area contributed by atoms with E-state index in [1.165, 1.54) is 10.4 Å². The first-order valence-electron chi connectivity index (χ1n) is 7.49. The lowest BCUT2D eigenvalue weighted by Crippen LogP contribution is -1.91. The molecule has 6 heteroatoms. The van der Waals surface area contributed by atoms with Crippen molar-refractivity contribution in [2.24, 2.45) is 0 Å². The van der Waals surface area contributed by atoms with Crippen LogP contribution >= 0.6 is 11.3 Å². The SMILES string of the molecule is CCc1c(C)sc2ncn3nc(-c4cccc(OC)c4)nc3c12. The molecule has 0 radical (unpaired) electrons. The second-order valence-electron chi connectivity index (χ2n) is 5.35. The van der Waals surface area contributed by atoms with Gasteiger partial charge in [-0.25, -0.2) is 14.5 Å². The molecule has 23 heavy (non-hydrogen) atoms. The van der Waals surface area contributed by atoms with E-state index in [1.54, 1.807) is 29.3 Å². The van der Waals surface area contributed by atoms with Crippen LogP contribution in [-0.4, -0.2) is 26.7 Å². The smallest absolute Gasteiger partial charge is 0.182 e. The molecular formula is C17H16N4OS. The quantitative estimate of drug-likeness (QED) is 0.574. The van der Waals surface area contributed by atoms with E-state index in [4.69, 9.17) is 9.72 Å². The molecule has 5 nitrogen and oxygen atoms in total. The molecular weight excluding hydrogens is 308 g/mol. The summed E-state index contributed by atoms with van der Waals surface area (Å²) in [5, 5.41) is 5.71. The Labute approximate surface area is 137 Å². The molecule has 0 atom stereocenters. The van der Waals surface area contributed by atoms with Crippen LogP contribution in [-0.2, 0) is 6.42 Å². The molecule has 1 aromatic carbocycles. The number of benzene rings is 1. The molecule has 0 saturated heterocycles. The van der Waals surface area contributed by atoms with Crippen molar-refractivity contribution in [3.63, 3.8) is 0 Å². The van der Waals surface area contributed by atoms with Gasteiger partial charge in [-0.15, -0.1) is 16.4 Å². The number of rotatable bonds is 3. The van der Waals surface area contributed by atoms with E-state index in [2.05, 4.69) is 23.9 Å². The molecule has 0 N–H and O–H groups in total. The summed E-state index contributed by atoms with van der Waals surface area (Å²) in [5.74, 6) is 1.48. The predicted molar refractivity (Wildman–Crippen MR) is 92.3 cm³/mol. The van der Waals surface area contributed by atoms with E-state index >= 15 is 0 Å². The molecule has 0 saturated carbocycles. The van der Waals surface area contributed by atoms with E-state index in [1.807, 2.05) is 24.3 Å². The topological polar surface area (TPSA) is 52.3 Å². The first-order valence-corrected chi connectivity index (χ1v) is 8.30. The number of nitrogens with zero attached hydrogens (tertiary/aromatic N) is 4. The second-order valence-corrected chi connectivity index (χ2v) is 6.55. The van der Waals surface area contributed by atoms with Gasteiger partial charge in [-0.05, 0) is 31.0 Å². The Morgan fingerprint density at radius 3 is 2.96 bits per heavy atom. The lowest BCUT2D eigenvalue weighted by Gasteiger charge is -2.00. The normalized spacial score (nSPS) is 11.4. The van der Waals surface area contributed by atoms with Gasteiger partial charge in [0.15, 0.2) is 11.5 Å². The molecule has 0 fully saturated rings. The first-order chi connectivity index (χ1) is 11.2. The minimum absolute atomic E-state index is 0.684. The average Bonchev–Trinajstić information content (AvgIpc) is 3.14. The predicted octanol–water partition coefficient (Wildman–Crippen LogP) is 3.89. The van der Waals surface area contributed by atoms with Crippen LogP contribution in [0.2, 0.25) is 0 Å². The Bertz CT molecular complexity index is 1020. The summed E-state index contributed by atoms with van der Waals surface area (Å²) in [5.41, 5.74) is 3.12. The van der Waals surface area contributed by atoms with Gasteiger partial charge in [0, 0.05) is 10.4 Å². The van der Waals surface area contributed by atoms with Crippen LogP contribution in [0.5, 0.6) is 5.75 Å². The van der Waals surface area contributed by atoms with Gasteiger partial charge in [0.25, 0.3) is 0 Å². The number of hydrogen-bond acceptors (Lipinski definition) is 5. The van der Waals surface area contributed by atoms with E-state index in [0.29, 0.717) is 5.82 Å². The van der Waals surface area contributed by atoms with Crippen molar-refractivity contribution in [2.45, 2.75) is 20.3 Å². The summed E-state index contributed by atoms with van der Waals surface area (Å²) in [6, 6.07) is 7.79. The van der Waals surface area contributed by atoms with Gasteiger partial charge in [-0.2, -0.15) is 0 Å². The average molecular weight is 324 g/mol. The van der Waals surface area contributed by atoms with Crippen molar-refractivity contribution < 1.29 is 4.74 Å². The highest BCUT2D eigenvalue weighted by Crippen LogP contribution is 2.33. The fourth-order valence-electron chi connectivity index (χ4n) is 2.88. The molecule has 3 heterocycles. The monoisotopic (exact) mass is 324 g/mol. The third-order valence-electron chi connectivity index (χ3n) is 4.01. The maximum Gasteiger partial charge on any atom is 0.182 e. The van der Waals surface area contributed by atoms with Crippen molar-refractivity contribution in [1.29, 1.82) is 0 Å². The molecule has 0 aliphatic heterocycles. The molecule has 0 aliphatic rings. The van der Waals surface area contributed by atoms with Crippen LogP contribution in [0.25, 0.3) is 27.3 Å². The van der Waals surface area contributed by atoms with Crippen LogP contribution in [0.1, 0.15) is 17.4 Å². The number of methoxy groups -OCH3 is 1. The molecule has 0 amide bonds. The third-order valence-corrected chi connectivity index (χ3v) is 5.07. The lowest BCUT2D eigenvalue weighted by molar-refractivity contribution is 0.415. The molecule has 0 spiro atoms. The number of thiophene rings is 1. The molecule has 4 rings (SSSR count). The van der Waals surface area contributed by atoms with Gasteiger partial charge >= 0.3 is 0 Å². The van der Waals surface area contributed by atoms with Gasteiger partial charge in [0.05, 0.1) is 12.5 Å². The van der Waals surface area contributed by atoms with Gasteiger partial charge in [-0.3, -0.25) is 0 Å². The highest BCUT2D eigenvalue weighted by Gasteiger charge is 2.16. The minimum Gasteiger partial charge on any atom is -0.497 e. The maximum atomic E-state index is 5.29. The van der Waals surface area contributed by atoms with Gasteiger partial charge in [-0.1, -0.05) is 19.1 Å². The summed E-state index contributed by atoms with van der Waals surface area (Å²) < 4.78 is 7.05. The largest absolute Gasteiger partial charge is 0.497 e. The summed E-state index contributed by atoms with van der Waals surface area (Å²) in [6.45, 7) is 4.30. The van der Waals surface area contributed by atoms with Crippen molar-refractivity contribution >= 4 is 27.2 Å². The Kier molecular flexibility index (Phi) is 3.27. The Hall–Kier alpha value is -2.47. The Balaban J connectivity index is 1.98. The molecule has 0 bridgehead atoms. The van der Waals surface area contributed by atoms with Crippen molar-refractivity contribution in [1.82, 2.24) is 19.6 Å². The van der Waals surface area contributed by atoms with Gasteiger partial charge in [0.2, 0.25) is 0 Å². The van der Waals surface area contributed by atoms with Gasteiger partial charge < -0.3 is 4.74 Å². The fourth-order valence-corrected chi connectivity index (χ4v) is 3.95. The highest BCUT2D eigenvalue weighted by atomic mass is 32.1. The zero-order valence-electron chi connectivity index (χ0n) is 13.2. The standard InChI is InChI=1S/C17H16N4OS/c1-4-13-10(2)23-17-14(13)16-19-15(20-21(16)9-18-17)11-6-5-7-12(8-11)22-3/h5-9H,4H2,1-3H3. The summed E-state index contributed by atoms with van der Waals surface area (Å²) in [6.07, 6.45) is 2.71. The number of aryl methyl sites for hydroxylation is 2. The van der Waals surface area contributed by atoms with E-state index in [9.17, 15) is 0 Å². The molecule has 0 aliphatic carbocycles.